The lowest BCUT2D eigenvalue weighted by Gasteiger charge is -2.56. The van der Waals surface area contributed by atoms with Crippen molar-refractivity contribution in [1.82, 2.24) is 0 Å². The average molecular weight is 321 g/mol. The Morgan fingerprint density at radius 3 is 1.11 bits per heavy atom. The highest BCUT2D eigenvalue weighted by molar-refractivity contribution is 7.59. The van der Waals surface area contributed by atoms with Crippen molar-refractivity contribution < 1.29 is 0 Å². The summed E-state index contributed by atoms with van der Waals surface area (Å²) < 4.78 is 0. The van der Waals surface area contributed by atoms with Crippen LogP contribution in [0.15, 0.2) is 0 Å². The van der Waals surface area contributed by atoms with Crippen LogP contribution in [0.25, 0.3) is 0 Å². The van der Waals surface area contributed by atoms with Crippen LogP contribution in [0.5, 0.6) is 0 Å². The highest BCUT2D eigenvalue weighted by Gasteiger charge is 2.60. The molecule has 0 spiro atoms. The van der Waals surface area contributed by atoms with Gasteiger partial charge in [0.05, 0.1) is 7.59 Å². The van der Waals surface area contributed by atoms with E-state index in [4.69, 9.17) is 11.1 Å². The number of rotatable bonds is 2. The minimum Gasteiger partial charge on any atom is -0.171 e. The van der Waals surface area contributed by atoms with E-state index in [1.807, 2.05) is 0 Å². The Kier molecular flexibility index (Phi) is 5.37. The lowest BCUT2D eigenvalue weighted by Crippen LogP contribution is -2.65. The second kappa shape index (κ2) is 5.17. The van der Waals surface area contributed by atoms with Gasteiger partial charge in [0.15, 0.2) is 0 Å². The number of hydrogen-bond donors (Lipinski definition) is 0. The molecule has 0 heterocycles. The van der Waals surface area contributed by atoms with Gasteiger partial charge in [-0.1, -0.05) is 82.0 Å². The first-order chi connectivity index (χ1) is 7.87. The molecule has 0 N–H and O–H groups in total. The summed E-state index contributed by atoms with van der Waals surface area (Å²) in [5.74, 6) is 0. The number of halogens is 1. The van der Waals surface area contributed by atoms with E-state index in [1.54, 1.807) is 0 Å². The molecule has 116 valence electrons. The Bertz CT molecular complexity index is 297. The normalized spacial score (nSPS) is 18.6. The zero-order valence-corrected chi connectivity index (χ0v) is 18.2. The summed E-state index contributed by atoms with van der Waals surface area (Å²) in [4.78, 5) is 0. The maximum atomic E-state index is 7.45. The van der Waals surface area contributed by atoms with Crippen LogP contribution in [0.3, 0.4) is 0 Å². The molecule has 0 saturated carbocycles. The zero-order valence-electron chi connectivity index (χ0n) is 15.5. The van der Waals surface area contributed by atoms with Gasteiger partial charge in [0.2, 0.25) is 0 Å². The summed E-state index contributed by atoms with van der Waals surface area (Å²) >= 11 is 7.45. The molecule has 0 aliphatic rings. The molecule has 0 bridgehead atoms. The third-order valence-electron chi connectivity index (χ3n) is 5.37. The fourth-order valence-corrected chi connectivity index (χ4v) is 23.1. The first kappa shape index (κ1) is 19.7. The van der Waals surface area contributed by atoms with Crippen molar-refractivity contribution in [1.29, 1.82) is 0 Å². The molecular weight excluding hydrogens is 284 g/mol. The van der Waals surface area contributed by atoms with Crippen LogP contribution in [0.4, 0.5) is 0 Å². The average Bonchev–Trinajstić information content (AvgIpc) is 1.92. The van der Waals surface area contributed by atoms with Gasteiger partial charge in [-0.05, 0) is 21.4 Å². The fourth-order valence-electron chi connectivity index (χ4n) is 4.02. The highest BCUT2D eigenvalue weighted by atomic mass is 35.6. The molecule has 0 aliphatic heterocycles. The lowest BCUT2D eigenvalue weighted by molar-refractivity contribution is 0.229. The van der Waals surface area contributed by atoms with Crippen LogP contribution in [0, 0.1) is 10.8 Å². The van der Waals surface area contributed by atoms with Gasteiger partial charge >= 0.3 is 0 Å². The summed E-state index contributed by atoms with van der Waals surface area (Å²) in [5, 5.41) is 0.366. The maximum absolute atomic E-state index is 7.45. The Balaban J connectivity index is 5.97. The molecule has 1 unspecified atom stereocenters. The van der Waals surface area contributed by atoms with Gasteiger partial charge in [-0.25, -0.2) is 0 Å². The van der Waals surface area contributed by atoms with Gasteiger partial charge in [-0.3, -0.25) is 0 Å². The van der Waals surface area contributed by atoms with Crippen LogP contribution in [0.2, 0.25) is 30.2 Å². The van der Waals surface area contributed by atoms with Crippen LogP contribution < -0.4 is 0 Å². The second-order valence-electron chi connectivity index (χ2n) is 10.1. The molecule has 1 atom stereocenters. The Labute approximate surface area is 129 Å². The molecular formula is C16H37ClSi2. The molecule has 0 aliphatic carbocycles. The molecule has 0 aromatic rings. The third-order valence-corrected chi connectivity index (χ3v) is 29.7. The summed E-state index contributed by atoms with van der Waals surface area (Å²) in [6.07, 6.45) is 0. The zero-order chi connectivity index (χ0) is 16.1. The van der Waals surface area contributed by atoms with Gasteiger partial charge in [0.1, 0.15) is 6.90 Å². The quantitative estimate of drug-likeness (QED) is 0.385. The van der Waals surface area contributed by atoms with E-state index in [2.05, 4.69) is 82.0 Å². The number of hydrogen-bond acceptors (Lipinski definition) is 0. The molecule has 0 saturated heterocycles. The Morgan fingerprint density at radius 1 is 0.684 bits per heavy atom. The van der Waals surface area contributed by atoms with Crippen molar-refractivity contribution in [2.75, 3.05) is 0 Å². The van der Waals surface area contributed by atoms with Crippen LogP contribution in [-0.2, 0) is 0 Å². The maximum Gasteiger partial charge on any atom is 0.148 e. The predicted octanol–water partition coefficient (Wildman–Crippen LogP) is 6.85. The first-order valence-electron chi connectivity index (χ1n) is 7.56. The van der Waals surface area contributed by atoms with E-state index in [1.165, 1.54) is 0 Å². The molecule has 0 amide bonds. The van der Waals surface area contributed by atoms with E-state index in [0.717, 1.165) is 0 Å². The van der Waals surface area contributed by atoms with Gasteiger partial charge in [0, 0.05) is 0 Å². The van der Waals surface area contributed by atoms with Crippen molar-refractivity contribution in [3.8, 4) is 0 Å². The molecule has 0 aromatic carbocycles. The molecule has 0 fully saturated rings. The van der Waals surface area contributed by atoms with Crippen LogP contribution in [0.1, 0.15) is 62.3 Å². The van der Waals surface area contributed by atoms with Crippen molar-refractivity contribution in [2.45, 2.75) is 92.5 Å². The summed E-state index contributed by atoms with van der Waals surface area (Å²) in [6.45, 7) is 27.1. The minimum atomic E-state index is -1.86. The van der Waals surface area contributed by atoms with E-state index in [9.17, 15) is 0 Å². The fraction of sp³-hybridized carbons (Fsp3) is 1.00. The Hall–Kier alpha value is 0.724. The predicted molar refractivity (Wildman–Crippen MR) is 97.3 cm³/mol. The largest absolute Gasteiger partial charge is 0.171 e. The molecule has 0 rings (SSSR count). The van der Waals surface area contributed by atoms with Crippen LogP contribution in [-0.4, -0.2) is 14.5 Å². The molecule has 0 nitrogen and oxygen atoms in total. The molecule has 3 heteroatoms. The van der Waals surface area contributed by atoms with Crippen molar-refractivity contribution >= 4 is 25.6 Å². The molecule has 0 radical (unpaired) electrons. The summed E-state index contributed by atoms with van der Waals surface area (Å²) in [6, 6.07) is 0. The summed E-state index contributed by atoms with van der Waals surface area (Å²) in [7, 11) is -1.51. The van der Waals surface area contributed by atoms with Crippen molar-refractivity contribution in [3.63, 3.8) is 0 Å². The van der Waals surface area contributed by atoms with E-state index in [-0.39, 0.29) is 10.8 Å². The van der Waals surface area contributed by atoms with E-state index >= 15 is 0 Å². The van der Waals surface area contributed by atoms with Crippen molar-refractivity contribution in [2.24, 2.45) is 10.8 Å². The van der Waals surface area contributed by atoms with Gasteiger partial charge < -0.3 is 0 Å². The van der Waals surface area contributed by atoms with E-state index < -0.39 is 14.5 Å². The van der Waals surface area contributed by atoms with Gasteiger partial charge in [-0.15, -0.1) is 0 Å². The monoisotopic (exact) mass is 320 g/mol. The minimum absolute atomic E-state index is 0.274. The highest BCUT2D eigenvalue weighted by Crippen LogP contribution is 2.58. The first-order valence-corrected chi connectivity index (χ1v) is 15.1. The van der Waals surface area contributed by atoms with Gasteiger partial charge in [0.25, 0.3) is 0 Å². The topological polar surface area (TPSA) is 0 Å². The van der Waals surface area contributed by atoms with Crippen molar-refractivity contribution in [3.05, 3.63) is 0 Å². The van der Waals surface area contributed by atoms with E-state index in [0.29, 0.717) is 10.6 Å². The molecule has 19 heavy (non-hydrogen) atoms. The third kappa shape index (κ3) is 3.88. The van der Waals surface area contributed by atoms with Gasteiger partial charge in [-0.2, -0.15) is 11.1 Å². The smallest absolute Gasteiger partial charge is 0.148 e. The summed E-state index contributed by atoms with van der Waals surface area (Å²) in [5.41, 5.74) is 1.17. The van der Waals surface area contributed by atoms with Crippen LogP contribution >= 0.6 is 11.1 Å². The second-order valence-corrected chi connectivity index (χ2v) is 27.8. The SMILES string of the molecule is CC(C)(C)C(C(C)(C)C)[Si](C)(Cl)[Si](C)(C)C(C)(C)C. The lowest BCUT2D eigenvalue weighted by atomic mass is 9.77. The standard InChI is InChI=1S/C16H37ClSi2/c1-14(2,3)13(15(4,5)6)19(12,17)18(10,11)16(7,8)9/h13H,1-12H3. The molecule has 0 aromatic heterocycles. The Morgan fingerprint density at radius 2 is 0.947 bits per heavy atom.